The molecule has 0 atom stereocenters. The Morgan fingerprint density at radius 1 is 1.45 bits per heavy atom. The Morgan fingerprint density at radius 3 is 2.50 bits per heavy atom. The Labute approximate surface area is 116 Å². The fourth-order valence-electron chi connectivity index (χ4n) is 2.70. The zero-order valence-electron chi connectivity index (χ0n) is 11.2. The first-order valence-electron chi connectivity index (χ1n) is 6.51. The highest BCUT2D eigenvalue weighted by atomic mass is 19.3. The molecule has 20 heavy (non-hydrogen) atoms. The molecule has 1 fully saturated rings. The minimum atomic E-state index is -2.85. The van der Waals surface area contributed by atoms with Crippen LogP contribution in [0.3, 0.4) is 0 Å². The van der Waals surface area contributed by atoms with Crippen LogP contribution in [0, 0.1) is 11.3 Å². The molecule has 1 aromatic carbocycles. The van der Waals surface area contributed by atoms with Gasteiger partial charge in [0, 0.05) is 12.2 Å². The number of nitrogens with one attached hydrogen (secondary N) is 1. The first-order valence-corrected chi connectivity index (χ1v) is 6.51. The predicted molar refractivity (Wildman–Crippen MR) is 71.6 cm³/mol. The highest BCUT2D eigenvalue weighted by molar-refractivity contribution is 5.96. The largest absolute Gasteiger partial charge is 0.435 e. The standard InChI is InChI=1S/C14H18F2N2O2/c1-9-6-14(7-9,8-17)12(19)18-10-2-4-11(5-3-10)20-13(15)16/h2-5,9,13H,6-8,17H2,1H3,(H,18,19). The van der Waals surface area contributed by atoms with Crippen molar-refractivity contribution in [2.24, 2.45) is 17.1 Å². The Kier molecular flexibility index (Phi) is 4.23. The zero-order chi connectivity index (χ0) is 14.8. The maximum absolute atomic E-state index is 12.2. The number of amides is 1. The number of halogens is 2. The summed E-state index contributed by atoms with van der Waals surface area (Å²) in [4.78, 5) is 12.2. The molecule has 0 radical (unpaired) electrons. The quantitative estimate of drug-likeness (QED) is 0.873. The van der Waals surface area contributed by atoms with Crippen molar-refractivity contribution in [1.29, 1.82) is 0 Å². The van der Waals surface area contributed by atoms with Gasteiger partial charge < -0.3 is 15.8 Å². The fraction of sp³-hybridized carbons (Fsp3) is 0.500. The minimum absolute atomic E-state index is 0.0591. The van der Waals surface area contributed by atoms with E-state index < -0.39 is 12.0 Å². The van der Waals surface area contributed by atoms with Gasteiger partial charge in [-0.3, -0.25) is 4.79 Å². The molecule has 110 valence electrons. The van der Waals surface area contributed by atoms with E-state index in [2.05, 4.69) is 17.0 Å². The minimum Gasteiger partial charge on any atom is -0.435 e. The highest BCUT2D eigenvalue weighted by Gasteiger charge is 2.47. The van der Waals surface area contributed by atoms with Crippen LogP contribution in [0.5, 0.6) is 5.75 Å². The number of carbonyl (C=O) groups excluding carboxylic acids is 1. The SMILES string of the molecule is CC1CC(CN)(C(=O)Nc2ccc(OC(F)F)cc2)C1. The number of alkyl halides is 2. The van der Waals surface area contributed by atoms with Crippen LogP contribution in [0.15, 0.2) is 24.3 Å². The number of benzene rings is 1. The summed E-state index contributed by atoms with van der Waals surface area (Å²) in [6.07, 6.45) is 1.56. The van der Waals surface area contributed by atoms with E-state index in [-0.39, 0.29) is 11.7 Å². The van der Waals surface area contributed by atoms with E-state index >= 15 is 0 Å². The molecule has 0 saturated heterocycles. The van der Waals surface area contributed by atoms with Crippen molar-refractivity contribution in [3.63, 3.8) is 0 Å². The van der Waals surface area contributed by atoms with Crippen molar-refractivity contribution >= 4 is 11.6 Å². The summed E-state index contributed by atoms with van der Waals surface area (Å²) >= 11 is 0. The van der Waals surface area contributed by atoms with Gasteiger partial charge in [0.05, 0.1) is 5.41 Å². The molecule has 1 saturated carbocycles. The monoisotopic (exact) mass is 284 g/mol. The molecule has 0 aliphatic heterocycles. The number of hydrogen-bond donors (Lipinski definition) is 2. The van der Waals surface area contributed by atoms with Crippen LogP contribution in [-0.2, 0) is 4.79 Å². The Balaban J connectivity index is 1.98. The molecular formula is C14H18F2N2O2. The normalized spacial score (nSPS) is 25.1. The molecule has 0 bridgehead atoms. The van der Waals surface area contributed by atoms with Crippen LogP contribution in [0.1, 0.15) is 19.8 Å². The maximum atomic E-state index is 12.2. The molecule has 1 aliphatic rings. The number of carbonyl (C=O) groups is 1. The zero-order valence-corrected chi connectivity index (χ0v) is 11.2. The molecule has 0 spiro atoms. The van der Waals surface area contributed by atoms with Gasteiger partial charge in [-0.1, -0.05) is 6.92 Å². The molecule has 1 amide bonds. The molecule has 1 aliphatic carbocycles. The molecule has 1 aromatic rings. The number of hydrogen-bond acceptors (Lipinski definition) is 3. The van der Waals surface area contributed by atoms with Crippen molar-refractivity contribution in [2.45, 2.75) is 26.4 Å². The molecule has 4 nitrogen and oxygen atoms in total. The first-order chi connectivity index (χ1) is 9.45. The smallest absolute Gasteiger partial charge is 0.387 e. The number of ether oxygens (including phenoxy) is 1. The second kappa shape index (κ2) is 5.75. The van der Waals surface area contributed by atoms with Crippen molar-refractivity contribution in [2.75, 3.05) is 11.9 Å². The van der Waals surface area contributed by atoms with Gasteiger partial charge in [0.15, 0.2) is 0 Å². The fourth-order valence-corrected chi connectivity index (χ4v) is 2.70. The molecule has 0 unspecified atom stereocenters. The molecule has 3 N–H and O–H groups in total. The van der Waals surface area contributed by atoms with Crippen molar-refractivity contribution in [3.8, 4) is 5.75 Å². The highest BCUT2D eigenvalue weighted by Crippen LogP contribution is 2.45. The van der Waals surface area contributed by atoms with Crippen LogP contribution in [0.25, 0.3) is 0 Å². The van der Waals surface area contributed by atoms with Crippen LogP contribution < -0.4 is 15.8 Å². The van der Waals surface area contributed by atoms with E-state index in [9.17, 15) is 13.6 Å². The van der Waals surface area contributed by atoms with Crippen molar-refractivity contribution in [3.05, 3.63) is 24.3 Å². The third-order valence-corrected chi connectivity index (χ3v) is 3.69. The van der Waals surface area contributed by atoms with Crippen LogP contribution in [0.4, 0.5) is 14.5 Å². The molecule has 2 rings (SSSR count). The second-order valence-electron chi connectivity index (χ2n) is 5.35. The van der Waals surface area contributed by atoms with Gasteiger partial charge in [0.25, 0.3) is 0 Å². The van der Waals surface area contributed by atoms with E-state index in [1.807, 2.05) is 0 Å². The Morgan fingerprint density at radius 2 is 2.05 bits per heavy atom. The Hall–Kier alpha value is -1.69. The lowest BCUT2D eigenvalue weighted by Crippen LogP contribution is -2.51. The van der Waals surface area contributed by atoms with E-state index in [1.165, 1.54) is 24.3 Å². The van der Waals surface area contributed by atoms with E-state index in [4.69, 9.17) is 5.73 Å². The van der Waals surface area contributed by atoms with Crippen molar-refractivity contribution < 1.29 is 18.3 Å². The number of anilines is 1. The van der Waals surface area contributed by atoms with Gasteiger partial charge in [0.1, 0.15) is 5.75 Å². The van der Waals surface area contributed by atoms with Gasteiger partial charge in [-0.05, 0) is 43.0 Å². The van der Waals surface area contributed by atoms with Crippen molar-refractivity contribution in [1.82, 2.24) is 0 Å². The van der Waals surface area contributed by atoms with Gasteiger partial charge in [0.2, 0.25) is 5.91 Å². The summed E-state index contributed by atoms with van der Waals surface area (Å²) in [6.45, 7) is -0.458. The van der Waals surface area contributed by atoms with Gasteiger partial charge in [-0.25, -0.2) is 0 Å². The first kappa shape index (κ1) is 14.7. The summed E-state index contributed by atoms with van der Waals surface area (Å²) in [7, 11) is 0. The lowest BCUT2D eigenvalue weighted by atomic mass is 9.62. The lowest BCUT2D eigenvalue weighted by molar-refractivity contribution is -0.132. The van der Waals surface area contributed by atoms with Crippen LogP contribution >= 0.6 is 0 Å². The summed E-state index contributed by atoms with van der Waals surface area (Å²) in [5.41, 5.74) is 5.76. The predicted octanol–water partition coefficient (Wildman–Crippen LogP) is 2.60. The molecule has 0 aromatic heterocycles. The summed E-state index contributed by atoms with van der Waals surface area (Å²) in [5, 5.41) is 2.77. The summed E-state index contributed by atoms with van der Waals surface area (Å²) in [6, 6.07) is 5.84. The van der Waals surface area contributed by atoms with E-state index in [0.29, 0.717) is 18.2 Å². The summed E-state index contributed by atoms with van der Waals surface area (Å²) in [5.74, 6) is 0.454. The average Bonchev–Trinajstić information content (AvgIpc) is 2.36. The van der Waals surface area contributed by atoms with Gasteiger partial charge in [-0.15, -0.1) is 0 Å². The molecule has 0 heterocycles. The topological polar surface area (TPSA) is 64.4 Å². The Bertz CT molecular complexity index is 471. The van der Waals surface area contributed by atoms with Gasteiger partial charge >= 0.3 is 6.61 Å². The number of rotatable bonds is 5. The van der Waals surface area contributed by atoms with Gasteiger partial charge in [-0.2, -0.15) is 8.78 Å². The van der Waals surface area contributed by atoms with E-state index in [1.54, 1.807) is 0 Å². The molecule has 6 heteroatoms. The van der Waals surface area contributed by atoms with E-state index in [0.717, 1.165) is 12.8 Å². The number of nitrogens with two attached hydrogens (primary N) is 1. The molecular weight excluding hydrogens is 266 g/mol. The van der Waals surface area contributed by atoms with Crippen LogP contribution in [0.2, 0.25) is 0 Å². The lowest BCUT2D eigenvalue weighted by Gasteiger charge is -2.44. The average molecular weight is 284 g/mol. The third-order valence-electron chi connectivity index (χ3n) is 3.69. The van der Waals surface area contributed by atoms with Crippen LogP contribution in [-0.4, -0.2) is 19.1 Å². The third kappa shape index (κ3) is 3.07. The summed E-state index contributed by atoms with van der Waals surface area (Å²) < 4.78 is 28.3. The second-order valence-corrected chi connectivity index (χ2v) is 5.35. The maximum Gasteiger partial charge on any atom is 0.387 e.